The number of amides is 1. The van der Waals surface area contributed by atoms with Gasteiger partial charge in [-0.1, -0.05) is 66.7 Å². The molecule has 0 saturated carbocycles. The molecule has 0 unspecified atom stereocenters. The molecule has 3 heterocycles. The molecular formula is C30H24N6O. The van der Waals surface area contributed by atoms with Crippen LogP contribution >= 0.6 is 0 Å². The molecule has 0 saturated heterocycles. The highest BCUT2D eigenvalue weighted by molar-refractivity contribution is 6.07. The Morgan fingerprint density at radius 2 is 1.59 bits per heavy atom. The van der Waals surface area contributed by atoms with Gasteiger partial charge in [-0.2, -0.15) is 10.2 Å². The van der Waals surface area contributed by atoms with E-state index in [4.69, 9.17) is 10.1 Å². The average molecular weight is 485 g/mol. The van der Waals surface area contributed by atoms with Crippen LogP contribution in [0.15, 0.2) is 110 Å². The number of carbonyl (C=O) groups excluding carboxylic acids is 1. The average Bonchev–Trinajstić information content (AvgIpc) is 3.58. The van der Waals surface area contributed by atoms with E-state index in [0.29, 0.717) is 17.8 Å². The number of nitrogens with one attached hydrogen (secondary N) is 1. The van der Waals surface area contributed by atoms with E-state index in [1.54, 1.807) is 10.9 Å². The van der Waals surface area contributed by atoms with Gasteiger partial charge in [-0.15, -0.1) is 0 Å². The van der Waals surface area contributed by atoms with Gasteiger partial charge in [0.15, 0.2) is 0 Å². The predicted molar refractivity (Wildman–Crippen MR) is 144 cm³/mol. The van der Waals surface area contributed by atoms with E-state index in [-0.39, 0.29) is 5.91 Å². The maximum Gasteiger partial charge on any atom is 0.252 e. The Bertz CT molecular complexity index is 1700. The van der Waals surface area contributed by atoms with E-state index in [2.05, 4.69) is 10.4 Å². The predicted octanol–water partition coefficient (Wildman–Crippen LogP) is 5.42. The minimum atomic E-state index is -0.171. The van der Waals surface area contributed by atoms with E-state index in [9.17, 15) is 4.79 Å². The number of hydrogen-bond donors (Lipinski definition) is 1. The molecule has 37 heavy (non-hydrogen) atoms. The van der Waals surface area contributed by atoms with Gasteiger partial charge < -0.3 is 5.32 Å². The van der Waals surface area contributed by atoms with Crippen molar-refractivity contribution in [3.63, 3.8) is 0 Å². The van der Waals surface area contributed by atoms with Crippen LogP contribution in [0.2, 0.25) is 0 Å². The van der Waals surface area contributed by atoms with Crippen LogP contribution in [0.25, 0.3) is 39.1 Å². The molecule has 6 rings (SSSR count). The molecule has 7 heteroatoms. The van der Waals surface area contributed by atoms with Crippen LogP contribution in [0.4, 0.5) is 0 Å². The molecule has 0 radical (unpaired) electrons. The highest BCUT2D eigenvalue weighted by Gasteiger charge is 2.17. The molecule has 6 aromatic rings. The number of pyridine rings is 1. The summed E-state index contributed by atoms with van der Waals surface area (Å²) in [5.41, 5.74) is 6.61. The van der Waals surface area contributed by atoms with Crippen molar-refractivity contribution in [3.05, 3.63) is 121 Å². The summed E-state index contributed by atoms with van der Waals surface area (Å²) in [7, 11) is 1.86. The highest BCUT2D eigenvalue weighted by atomic mass is 16.1. The Kier molecular flexibility index (Phi) is 5.78. The standard InChI is InChI=1S/C30H24N6O/c1-35-19-22(18-32-35)28-16-26(25-14-8-9-15-27(25)33-28)30(37)31-17-23-20-36(24-12-6-3-7-13-24)34-29(23)21-10-4-2-5-11-21/h2-16,18-20H,17H2,1H3,(H,31,37). The third kappa shape index (κ3) is 4.50. The van der Waals surface area contributed by atoms with Crippen molar-refractivity contribution in [2.75, 3.05) is 0 Å². The zero-order chi connectivity index (χ0) is 25.2. The largest absolute Gasteiger partial charge is 0.348 e. The molecule has 0 spiro atoms. The first-order valence-electron chi connectivity index (χ1n) is 12.0. The molecule has 1 amide bonds. The SMILES string of the molecule is Cn1cc(-c2cc(C(=O)NCc3cn(-c4ccccc4)nc3-c3ccccc3)c3ccccc3n2)cn1. The number of fused-ring (bicyclic) bond motifs is 1. The summed E-state index contributed by atoms with van der Waals surface area (Å²) in [6.07, 6.45) is 5.62. The fraction of sp³-hybridized carbons (Fsp3) is 0.0667. The van der Waals surface area contributed by atoms with Crippen LogP contribution in [0.3, 0.4) is 0 Å². The number of carbonyl (C=O) groups is 1. The first kappa shape index (κ1) is 22.4. The number of benzene rings is 3. The lowest BCUT2D eigenvalue weighted by atomic mass is 10.0. The van der Waals surface area contributed by atoms with Crippen molar-refractivity contribution < 1.29 is 4.79 Å². The van der Waals surface area contributed by atoms with Gasteiger partial charge in [-0.05, 0) is 24.3 Å². The van der Waals surface area contributed by atoms with Crippen molar-refractivity contribution in [2.24, 2.45) is 7.05 Å². The normalized spacial score (nSPS) is 11.1. The van der Waals surface area contributed by atoms with Gasteiger partial charge in [0.2, 0.25) is 0 Å². The smallest absolute Gasteiger partial charge is 0.252 e. The molecule has 180 valence electrons. The summed E-state index contributed by atoms with van der Waals surface area (Å²) >= 11 is 0. The van der Waals surface area contributed by atoms with Crippen molar-refractivity contribution in [3.8, 4) is 28.2 Å². The molecule has 0 aliphatic rings. The summed E-state index contributed by atoms with van der Waals surface area (Å²) in [6, 6.07) is 29.5. The zero-order valence-corrected chi connectivity index (χ0v) is 20.2. The fourth-order valence-corrected chi connectivity index (χ4v) is 4.43. The molecule has 0 atom stereocenters. The molecule has 7 nitrogen and oxygen atoms in total. The zero-order valence-electron chi connectivity index (χ0n) is 20.2. The van der Waals surface area contributed by atoms with Gasteiger partial charge in [0.05, 0.1) is 34.4 Å². The molecular weight excluding hydrogens is 460 g/mol. The van der Waals surface area contributed by atoms with Crippen molar-refractivity contribution >= 4 is 16.8 Å². The third-order valence-corrected chi connectivity index (χ3v) is 6.26. The summed E-state index contributed by atoms with van der Waals surface area (Å²) in [4.78, 5) is 18.3. The quantitative estimate of drug-likeness (QED) is 0.343. The molecule has 1 N–H and O–H groups in total. The minimum absolute atomic E-state index is 0.171. The summed E-state index contributed by atoms with van der Waals surface area (Å²) < 4.78 is 3.58. The topological polar surface area (TPSA) is 77.6 Å². The van der Waals surface area contributed by atoms with Crippen LogP contribution in [0.5, 0.6) is 0 Å². The first-order valence-corrected chi connectivity index (χ1v) is 12.0. The van der Waals surface area contributed by atoms with Crippen LogP contribution in [0.1, 0.15) is 15.9 Å². The lowest BCUT2D eigenvalue weighted by Crippen LogP contribution is -2.23. The van der Waals surface area contributed by atoms with Crippen LogP contribution in [-0.4, -0.2) is 30.5 Å². The van der Waals surface area contributed by atoms with Crippen LogP contribution in [0, 0.1) is 0 Å². The van der Waals surface area contributed by atoms with E-state index >= 15 is 0 Å². The molecule has 3 aromatic heterocycles. The van der Waals surface area contributed by atoms with E-state index in [0.717, 1.165) is 39.0 Å². The maximum atomic E-state index is 13.6. The molecule has 0 fully saturated rings. The van der Waals surface area contributed by atoms with Gasteiger partial charge in [0.25, 0.3) is 5.91 Å². The van der Waals surface area contributed by atoms with Gasteiger partial charge in [0.1, 0.15) is 0 Å². The fourth-order valence-electron chi connectivity index (χ4n) is 4.43. The Balaban J connectivity index is 1.35. The third-order valence-electron chi connectivity index (χ3n) is 6.26. The second-order valence-corrected chi connectivity index (χ2v) is 8.81. The highest BCUT2D eigenvalue weighted by Crippen LogP contribution is 2.26. The number of rotatable bonds is 6. The van der Waals surface area contributed by atoms with Crippen molar-refractivity contribution in [2.45, 2.75) is 6.54 Å². The Morgan fingerprint density at radius 3 is 2.35 bits per heavy atom. The van der Waals surface area contributed by atoms with Crippen molar-refractivity contribution in [1.82, 2.24) is 29.9 Å². The van der Waals surface area contributed by atoms with E-state index in [1.165, 1.54) is 0 Å². The van der Waals surface area contributed by atoms with E-state index in [1.807, 2.05) is 115 Å². The summed E-state index contributed by atoms with van der Waals surface area (Å²) in [5, 5.41) is 13.0. The van der Waals surface area contributed by atoms with Gasteiger partial charge in [-0.25, -0.2) is 9.67 Å². The number of hydrogen-bond acceptors (Lipinski definition) is 4. The van der Waals surface area contributed by atoms with E-state index < -0.39 is 0 Å². The van der Waals surface area contributed by atoms with Gasteiger partial charge in [-0.3, -0.25) is 9.48 Å². The first-order chi connectivity index (χ1) is 18.2. The lowest BCUT2D eigenvalue weighted by Gasteiger charge is -2.10. The maximum absolute atomic E-state index is 13.6. The monoisotopic (exact) mass is 484 g/mol. The molecule has 0 bridgehead atoms. The van der Waals surface area contributed by atoms with Crippen LogP contribution in [-0.2, 0) is 13.6 Å². The lowest BCUT2D eigenvalue weighted by molar-refractivity contribution is 0.0952. The van der Waals surface area contributed by atoms with Gasteiger partial charge in [0, 0.05) is 48.1 Å². The summed E-state index contributed by atoms with van der Waals surface area (Å²) in [6.45, 7) is 0.328. The van der Waals surface area contributed by atoms with Gasteiger partial charge >= 0.3 is 0 Å². The summed E-state index contributed by atoms with van der Waals surface area (Å²) in [5.74, 6) is -0.171. The van der Waals surface area contributed by atoms with Crippen LogP contribution < -0.4 is 5.32 Å². The molecule has 0 aliphatic carbocycles. The second-order valence-electron chi connectivity index (χ2n) is 8.81. The van der Waals surface area contributed by atoms with Crippen molar-refractivity contribution in [1.29, 1.82) is 0 Å². The Hall–Kier alpha value is -5.04. The minimum Gasteiger partial charge on any atom is -0.348 e. The molecule has 3 aromatic carbocycles. The number of nitrogens with zero attached hydrogens (tertiary/aromatic N) is 5. The second kappa shape index (κ2) is 9.54. The number of para-hydroxylation sites is 2. The molecule has 0 aliphatic heterocycles. The Morgan fingerprint density at radius 1 is 0.865 bits per heavy atom. The number of aromatic nitrogens is 5. The Labute approximate surface area is 214 Å². The number of aryl methyl sites for hydroxylation is 1.